The van der Waals surface area contributed by atoms with Crippen LogP contribution in [0.15, 0.2) is 0 Å². The van der Waals surface area contributed by atoms with Crippen LogP contribution in [0.2, 0.25) is 0 Å². The van der Waals surface area contributed by atoms with Crippen LogP contribution in [-0.4, -0.2) is 49.1 Å². The lowest BCUT2D eigenvalue weighted by Gasteiger charge is -2.29. The van der Waals surface area contributed by atoms with Crippen LogP contribution in [0.5, 0.6) is 0 Å². The number of nitrogens with one attached hydrogen (secondary N) is 1. The van der Waals surface area contributed by atoms with Crippen molar-refractivity contribution in [3.8, 4) is 0 Å². The van der Waals surface area contributed by atoms with Crippen molar-refractivity contribution in [2.24, 2.45) is 0 Å². The molecule has 20 heavy (non-hydrogen) atoms. The lowest BCUT2D eigenvalue weighted by Crippen LogP contribution is -2.52. The van der Waals surface area contributed by atoms with Crippen molar-refractivity contribution in [2.45, 2.75) is 64.0 Å². The van der Waals surface area contributed by atoms with Gasteiger partial charge in [0.15, 0.2) is 0 Å². The average molecular weight is 287 g/mol. The summed E-state index contributed by atoms with van der Waals surface area (Å²) >= 11 is 0. The third kappa shape index (κ3) is 6.20. The predicted octanol–water partition coefficient (Wildman–Crippen LogP) is 2.20. The third-order valence-electron chi connectivity index (χ3n) is 3.68. The van der Waals surface area contributed by atoms with E-state index in [-0.39, 0.29) is 0 Å². The van der Waals surface area contributed by atoms with Crippen molar-refractivity contribution in [3.05, 3.63) is 0 Å². The molecule has 1 aliphatic carbocycles. The molecule has 0 amide bonds. The zero-order chi connectivity index (χ0) is 14.8. The molecule has 1 aliphatic rings. The molecule has 2 N–H and O–H groups in total. The first-order valence-corrected chi connectivity index (χ1v) is 7.81. The van der Waals surface area contributed by atoms with Gasteiger partial charge >= 0.3 is 5.97 Å². The molecule has 1 unspecified atom stereocenters. The molecule has 118 valence electrons. The van der Waals surface area contributed by atoms with Crippen LogP contribution in [0.4, 0.5) is 0 Å². The number of ether oxygens (including phenoxy) is 2. The van der Waals surface area contributed by atoms with Gasteiger partial charge in [-0.2, -0.15) is 0 Å². The fraction of sp³-hybridized carbons (Fsp3) is 0.933. The van der Waals surface area contributed by atoms with E-state index >= 15 is 0 Å². The smallest absolute Gasteiger partial charge is 0.323 e. The molecule has 0 saturated heterocycles. The number of aliphatic carboxylic acids is 1. The minimum atomic E-state index is -0.775. The van der Waals surface area contributed by atoms with Gasteiger partial charge in [-0.1, -0.05) is 13.8 Å². The maximum absolute atomic E-state index is 11.5. The summed E-state index contributed by atoms with van der Waals surface area (Å²) in [5.74, 6) is -0.738. The third-order valence-corrected chi connectivity index (χ3v) is 3.68. The summed E-state index contributed by atoms with van der Waals surface area (Å²) in [5, 5.41) is 12.8. The van der Waals surface area contributed by atoms with Gasteiger partial charge in [-0.25, -0.2) is 0 Å². The van der Waals surface area contributed by atoms with Crippen molar-refractivity contribution in [3.63, 3.8) is 0 Å². The van der Waals surface area contributed by atoms with E-state index in [0.29, 0.717) is 38.7 Å². The number of carboxylic acid groups (broad SMARTS) is 1. The first kappa shape index (κ1) is 17.4. The Morgan fingerprint density at radius 3 is 2.35 bits per heavy atom. The summed E-state index contributed by atoms with van der Waals surface area (Å²) in [5.41, 5.74) is -0.775. The van der Waals surface area contributed by atoms with Crippen molar-refractivity contribution in [1.82, 2.24) is 5.32 Å². The molecular formula is C15H29NO4. The second-order valence-corrected chi connectivity index (χ2v) is 5.49. The Labute approximate surface area is 122 Å². The molecule has 5 nitrogen and oxygen atoms in total. The van der Waals surface area contributed by atoms with Crippen LogP contribution in [-0.2, 0) is 14.3 Å². The van der Waals surface area contributed by atoms with Crippen LogP contribution in [0.25, 0.3) is 0 Å². The minimum Gasteiger partial charge on any atom is -0.480 e. The fourth-order valence-electron chi connectivity index (χ4n) is 2.23. The topological polar surface area (TPSA) is 67.8 Å². The number of hydrogen-bond donors (Lipinski definition) is 2. The van der Waals surface area contributed by atoms with E-state index in [1.807, 2.05) is 6.92 Å². The van der Waals surface area contributed by atoms with Crippen LogP contribution in [0, 0.1) is 0 Å². The lowest BCUT2D eigenvalue weighted by atomic mass is 9.90. The van der Waals surface area contributed by atoms with E-state index < -0.39 is 11.5 Å². The molecular weight excluding hydrogens is 258 g/mol. The van der Waals surface area contributed by atoms with Gasteiger partial charge in [0.05, 0.1) is 13.2 Å². The molecule has 0 aliphatic heterocycles. The van der Waals surface area contributed by atoms with E-state index in [9.17, 15) is 9.90 Å². The quantitative estimate of drug-likeness (QED) is 0.508. The van der Waals surface area contributed by atoms with E-state index in [4.69, 9.17) is 9.47 Å². The van der Waals surface area contributed by atoms with Crippen molar-refractivity contribution < 1.29 is 19.4 Å². The Morgan fingerprint density at radius 1 is 1.20 bits per heavy atom. The predicted molar refractivity (Wildman–Crippen MR) is 78.0 cm³/mol. The van der Waals surface area contributed by atoms with Gasteiger partial charge < -0.3 is 14.6 Å². The monoisotopic (exact) mass is 287 g/mol. The second kappa shape index (κ2) is 9.32. The van der Waals surface area contributed by atoms with Crippen molar-refractivity contribution in [1.29, 1.82) is 0 Å². The summed E-state index contributed by atoms with van der Waals surface area (Å²) in [6.45, 7) is 6.57. The summed E-state index contributed by atoms with van der Waals surface area (Å²) in [6.07, 6.45) is 5.20. The van der Waals surface area contributed by atoms with Crippen LogP contribution in [0.3, 0.4) is 0 Å². The van der Waals surface area contributed by atoms with E-state index in [2.05, 4.69) is 12.2 Å². The van der Waals surface area contributed by atoms with Crippen LogP contribution in [0.1, 0.15) is 52.4 Å². The number of carbonyl (C=O) groups is 1. The SMILES string of the molecule is CCCOCCOCCCC(CC)(NC1CC1)C(=O)O. The molecule has 0 heterocycles. The summed E-state index contributed by atoms with van der Waals surface area (Å²) in [4.78, 5) is 11.5. The zero-order valence-corrected chi connectivity index (χ0v) is 12.8. The standard InChI is InChI=1S/C15H29NO4/c1-3-9-19-11-12-20-10-5-8-15(4-2,14(17)18)16-13-6-7-13/h13,16H,3-12H2,1-2H3,(H,17,18). The number of hydrogen-bond acceptors (Lipinski definition) is 4. The van der Waals surface area contributed by atoms with E-state index in [1.54, 1.807) is 0 Å². The van der Waals surface area contributed by atoms with Gasteiger partial charge in [-0.05, 0) is 38.5 Å². The summed E-state index contributed by atoms with van der Waals surface area (Å²) in [7, 11) is 0. The molecule has 1 atom stereocenters. The average Bonchev–Trinajstić information content (AvgIpc) is 3.24. The van der Waals surface area contributed by atoms with E-state index in [1.165, 1.54) is 0 Å². The molecule has 0 radical (unpaired) electrons. The molecule has 0 spiro atoms. The molecule has 0 bridgehead atoms. The summed E-state index contributed by atoms with van der Waals surface area (Å²) < 4.78 is 10.8. The Bertz CT molecular complexity index is 281. The van der Waals surface area contributed by atoms with Gasteiger partial charge in [-0.15, -0.1) is 0 Å². The minimum absolute atomic E-state index is 0.398. The highest BCUT2D eigenvalue weighted by Crippen LogP contribution is 2.27. The van der Waals surface area contributed by atoms with Gasteiger partial charge in [0.25, 0.3) is 0 Å². The molecule has 0 aromatic carbocycles. The van der Waals surface area contributed by atoms with Gasteiger partial charge in [0.2, 0.25) is 0 Å². The molecule has 1 fully saturated rings. The Morgan fingerprint density at radius 2 is 1.85 bits per heavy atom. The molecule has 1 saturated carbocycles. The largest absolute Gasteiger partial charge is 0.480 e. The molecule has 5 heteroatoms. The Balaban J connectivity index is 2.16. The highest BCUT2D eigenvalue weighted by molar-refractivity contribution is 5.78. The Hall–Kier alpha value is -0.650. The Kier molecular flexibility index (Phi) is 8.11. The fourth-order valence-corrected chi connectivity index (χ4v) is 2.23. The van der Waals surface area contributed by atoms with Crippen LogP contribution < -0.4 is 5.32 Å². The number of rotatable bonds is 13. The second-order valence-electron chi connectivity index (χ2n) is 5.49. The maximum atomic E-state index is 11.5. The highest BCUT2D eigenvalue weighted by Gasteiger charge is 2.40. The molecule has 0 aromatic rings. The first-order valence-electron chi connectivity index (χ1n) is 7.81. The van der Waals surface area contributed by atoms with Gasteiger partial charge in [0.1, 0.15) is 5.54 Å². The van der Waals surface area contributed by atoms with Gasteiger partial charge in [0, 0.05) is 19.3 Å². The van der Waals surface area contributed by atoms with Gasteiger partial charge in [-0.3, -0.25) is 10.1 Å². The zero-order valence-electron chi connectivity index (χ0n) is 12.8. The maximum Gasteiger partial charge on any atom is 0.323 e. The molecule has 1 rings (SSSR count). The lowest BCUT2D eigenvalue weighted by molar-refractivity contribution is -0.145. The van der Waals surface area contributed by atoms with Crippen molar-refractivity contribution >= 4 is 5.97 Å². The molecule has 0 aromatic heterocycles. The van der Waals surface area contributed by atoms with E-state index in [0.717, 1.165) is 32.3 Å². The summed E-state index contributed by atoms with van der Waals surface area (Å²) in [6, 6.07) is 0.398. The highest BCUT2D eigenvalue weighted by atomic mass is 16.5. The number of carboxylic acids is 1. The van der Waals surface area contributed by atoms with Crippen LogP contribution >= 0.6 is 0 Å². The van der Waals surface area contributed by atoms with Crippen molar-refractivity contribution in [2.75, 3.05) is 26.4 Å². The first-order chi connectivity index (χ1) is 9.64. The normalized spacial score (nSPS) is 17.9.